The Hall–Kier alpha value is -2.49. The van der Waals surface area contributed by atoms with Crippen molar-refractivity contribution in [3.8, 4) is 0 Å². The fourth-order valence-electron chi connectivity index (χ4n) is 2.14. The van der Waals surface area contributed by atoms with E-state index >= 15 is 0 Å². The van der Waals surface area contributed by atoms with Gasteiger partial charge in [0.2, 0.25) is 0 Å². The second-order valence-electron chi connectivity index (χ2n) is 5.53. The fourth-order valence-corrected chi connectivity index (χ4v) is 3.11. The molecule has 0 saturated heterocycles. The zero-order valence-electron chi connectivity index (χ0n) is 15.0. The van der Waals surface area contributed by atoms with Crippen LogP contribution >= 0.6 is 0 Å². The third kappa shape index (κ3) is 6.63. The molecular formula is C17H20F2O7S. The number of hydrogen-bond donors (Lipinski definition) is 0. The Labute approximate surface area is 156 Å². The Morgan fingerprint density at radius 1 is 1.04 bits per heavy atom. The van der Waals surface area contributed by atoms with Crippen molar-refractivity contribution in [2.75, 3.05) is 14.2 Å². The van der Waals surface area contributed by atoms with E-state index in [0.717, 1.165) is 19.8 Å². The van der Waals surface area contributed by atoms with Crippen LogP contribution in [0.3, 0.4) is 0 Å². The third-order valence-corrected chi connectivity index (χ3v) is 4.87. The van der Waals surface area contributed by atoms with E-state index in [4.69, 9.17) is 0 Å². The van der Waals surface area contributed by atoms with Crippen LogP contribution < -0.4 is 0 Å². The molecule has 0 heterocycles. The number of ether oxygens (including phenoxy) is 2. The van der Waals surface area contributed by atoms with Gasteiger partial charge in [-0.2, -0.15) is 17.2 Å². The summed E-state index contributed by atoms with van der Waals surface area (Å²) in [4.78, 5) is 22.8. The molecule has 0 radical (unpaired) electrons. The van der Waals surface area contributed by atoms with Crippen LogP contribution in [0.2, 0.25) is 0 Å². The monoisotopic (exact) mass is 406 g/mol. The summed E-state index contributed by atoms with van der Waals surface area (Å²) in [6.45, 7) is 1.74. The van der Waals surface area contributed by atoms with Crippen molar-refractivity contribution < 1.29 is 40.4 Å². The lowest BCUT2D eigenvalue weighted by atomic mass is 10.0. The molecule has 150 valence electrons. The van der Waals surface area contributed by atoms with E-state index in [1.54, 1.807) is 6.92 Å². The molecule has 0 aliphatic carbocycles. The van der Waals surface area contributed by atoms with E-state index in [9.17, 15) is 26.8 Å². The molecule has 0 atom stereocenters. The highest BCUT2D eigenvalue weighted by atomic mass is 32.2. The van der Waals surface area contributed by atoms with E-state index < -0.39 is 46.2 Å². The van der Waals surface area contributed by atoms with E-state index in [1.807, 2.05) is 0 Å². The number of aryl methyl sites for hydroxylation is 1. The van der Waals surface area contributed by atoms with Gasteiger partial charge in [0.1, 0.15) is 4.90 Å². The maximum atomic E-state index is 13.1. The van der Waals surface area contributed by atoms with Crippen LogP contribution in [0.5, 0.6) is 0 Å². The van der Waals surface area contributed by atoms with Gasteiger partial charge >= 0.3 is 28.1 Å². The summed E-state index contributed by atoms with van der Waals surface area (Å²) in [6, 6.07) is 5.48. The lowest BCUT2D eigenvalue weighted by Crippen LogP contribution is -2.26. The Kier molecular flexibility index (Phi) is 8.35. The van der Waals surface area contributed by atoms with Gasteiger partial charge in [-0.15, -0.1) is 0 Å². The van der Waals surface area contributed by atoms with Crippen LogP contribution in [-0.4, -0.2) is 34.6 Å². The number of benzene rings is 1. The molecule has 0 amide bonds. The second-order valence-corrected chi connectivity index (χ2v) is 7.07. The molecule has 0 bridgehead atoms. The number of methoxy groups -OCH3 is 2. The van der Waals surface area contributed by atoms with Crippen molar-refractivity contribution in [2.24, 2.45) is 5.92 Å². The van der Waals surface area contributed by atoms with E-state index in [0.29, 0.717) is 0 Å². The maximum absolute atomic E-state index is 13.1. The van der Waals surface area contributed by atoms with Crippen molar-refractivity contribution in [1.29, 1.82) is 0 Å². The minimum Gasteiger partial charge on any atom is -0.468 e. The number of carbonyl (C=O) groups excluding carboxylic acids is 2. The van der Waals surface area contributed by atoms with Gasteiger partial charge in [0.15, 0.2) is 11.7 Å². The highest BCUT2D eigenvalue weighted by molar-refractivity contribution is 7.86. The molecule has 0 unspecified atom stereocenters. The Morgan fingerprint density at radius 3 is 2.00 bits per heavy atom. The zero-order chi connectivity index (χ0) is 20.6. The summed E-state index contributed by atoms with van der Waals surface area (Å²) in [5.41, 5.74) is 0.790. The molecule has 0 N–H and O–H groups in total. The Morgan fingerprint density at radius 2 is 1.56 bits per heavy atom. The van der Waals surface area contributed by atoms with Gasteiger partial charge in [0.25, 0.3) is 0 Å². The summed E-state index contributed by atoms with van der Waals surface area (Å²) in [5.74, 6) is -4.09. The van der Waals surface area contributed by atoms with E-state index in [1.165, 1.54) is 24.3 Å². The summed E-state index contributed by atoms with van der Waals surface area (Å²) in [7, 11) is -2.29. The smallest absolute Gasteiger partial charge is 0.339 e. The van der Waals surface area contributed by atoms with Crippen LogP contribution in [0.1, 0.15) is 24.8 Å². The number of rotatable bonds is 9. The second kappa shape index (κ2) is 10.0. The van der Waals surface area contributed by atoms with Crippen LogP contribution in [0.25, 0.3) is 0 Å². The summed E-state index contributed by atoms with van der Waals surface area (Å²) in [5, 5.41) is 0. The highest BCUT2D eigenvalue weighted by Gasteiger charge is 2.29. The van der Waals surface area contributed by atoms with Gasteiger partial charge in [-0.3, -0.25) is 9.59 Å². The number of hydrogen-bond acceptors (Lipinski definition) is 7. The highest BCUT2D eigenvalue weighted by Crippen LogP contribution is 2.25. The minimum absolute atomic E-state index is 0.134. The van der Waals surface area contributed by atoms with Crippen molar-refractivity contribution in [3.63, 3.8) is 0 Å². The molecule has 0 aliphatic rings. The third-order valence-electron chi connectivity index (χ3n) is 3.60. The summed E-state index contributed by atoms with van der Waals surface area (Å²) in [6.07, 6.45) is -3.12. The number of halogens is 2. The minimum atomic E-state index is -4.44. The van der Waals surface area contributed by atoms with Crippen molar-refractivity contribution in [1.82, 2.24) is 0 Å². The molecule has 1 aromatic rings. The molecule has 1 rings (SSSR count). The zero-order valence-corrected chi connectivity index (χ0v) is 15.8. The first-order valence-electron chi connectivity index (χ1n) is 7.83. The SMILES string of the molecule is COC(=O)C(CCCC(OS(=O)(=O)c1ccc(C)cc1)=C(F)F)C(=O)OC. The largest absolute Gasteiger partial charge is 0.468 e. The van der Waals surface area contributed by atoms with Gasteiger partial charge < -0.3 is 13.7 Å². The van der Waals surface area contributed by atoms with Gasteiger partial charge in [-0.05, 0) is 31.9 Å². The van der Waals surface area contributed by atoms with Crippen LogP contribution in [0.4, 0.5) is 8.78 Å². The van der Waals surface area contributed by atoms with Crippen molar-refractivity contribution >= 4 is 22.1 Å². The molecule has 0 aliphatic heterocycles. The topological polar surface area (TPSA) is 96.0 Å². The molecule has 0 fully saturated rings. The lowest BCUT2D eigenvalue weighted by molar-refractivity contribution is -0.159. The van der Waals surface area contributed by atoms with Crippen molar-refractivity contribution in [3.05, 3.63) is 41.7 Å². The predicted octanol–water partition coefficient (Wildman–Crippen LogP) is 2.94. The van der Waals surface area contributed by atoms with Crippen molar-refractivity contribution in [2.45, 2.75) is 31.1 Å². The first-order valence-corrected chi connectivity index (χ1v) is 9.24. The quantitative estimate of drug-likeness (QED) is 0.269. The average molecular weight is 406 g/mol. The standard InChI is InChI=1S/C17H20F2O7S/c1-11-7-9-12(10-8-11)27(22,23)26-14(15(18)19)6-4-5-13(16(20)24-2)17(21)25-3/h7-10,13H,4-6H2,1-3H3. The molecular weight excluding hydrogens is 386 g/mol. The maximum Gasteiger partial charge on any atom is 0.339 e. The summed E-state index contributed by atoms with van der Waals surface area (Å²) >= 11 is 0. The normalized spacial score (nSPS) is 11.0. The molecule has 1 aromatic carbocycles. The number of esters is 2. The van der Waals surface area contributed by atoms with Gasteiger partial charge in [0.05, 0.1) is 14.2 Å². The van der Waals surface area contributed by atoms with Gasteiger partial charge in [-0.1, -0.05) is 17.7 Å². The predicted molar refractivity (Wildman–Crippen MR) is 90.1 cm³/mol. The molecule has 10 heteroatoms. The van der Waals surface area contributed by atoms with Gasteiger partial charge in [0, 0.05) is 6.42 Å². The number of carbonyl (C=O) groups is 2. The molecule has 27 heavy (non-hydrogen) atoms. The summed E-state index contributed by atoms with van der Waals surface area (Å²) < 4.78 is 63.9. The van der Waals surface area contributed by atoms with Gasteiger partial charge in [-0.25, -0.2) is 0 Å². The molecule has 0 aromatic heterocycles. The van der Waals surface area contributed by atoms with Crippen LogP contribution in [0, 0.1) is 12.8 Å². The molecule has 0 spiro atoms. The number of allylic oxidation sites excluding steroid dienone is 1. The Bertz CT molecular complexity index is 781. The lowest BCUT2D eigenvalue weighted by Gasteiger charge is -2.13. The first-order chi connectivity index (χ1) is 12.6. The Balaban J connectivity index is 2.83. The van der Waals surface area contributed by atoms with E-state index in [-0.39, 0.29) is 17.7 Å². The van der Waals surface area contributed by atoms with Crippen LogP contribution in [0.15, 0.2) is 41.0 Å². The van der Waals surface area contributed by atoms with Crippen LogP contribution in [-0.2, 0) is 33.4 Å². The fraction of sp³-hybridized carbons (Fsp3) is 0.412. The molecule has 0 saturated carbocycles. The average Bonchev–Trinajstić information content (AvgIpc) is 2.63. The molecule has 7 nitrogen and oxygen atoms in total. The first kappa shape index (κ1) is 22.6. The van der Waals surface area contributed by atoms with E-state index in [2.05, 4.69) is 13.7 Å².